The van der Waals surface area contributed by atoms with Gasteiger partial charge in [0, 0.05) is 53.7 Å². The molecule has 0 N–H and O–H groups in total. The van der Waals surface area contributed by atoms with Gasteiger partial charge >= 0.3 is 0 Å². The summed E-state index contributed by atoms with van der Waals surface area (Å²) in [5.41, 5.74) is 22.6. The molecule has 0 fully saturated rings. The summed E-state index contributed by atoms with van der Waals surface area (Å²) in [6.45, 7) is 3.86. The van der Waals surface area contributed by atoms with Crippen LogP contribution in [0.3, 0.4) is 0 Å². The van der Waals surface area contributed by atoms with Crippen molar-refractivity contribution >= 4 is 67.3 Å². The van der Waals surface area contributed by atoms with Gasteiger partial charge in [-0.3, -0.25) is 0 Å². The Morgan fingerprint density at radius 3 is 0.952 bits per heavy atom. The monoisotopic (exact) mass is 1090 g/mol. The molecule has 84 heavy (non-hydrogen) atoms. The summed E-state index contributed by atoms with van der Waals surface area (Å²) in [4.78, 5) is 10.2. The van der Waals surface area contributed by atoms with Crippen LogP contribution < -0.4 is 26.2 Å². The molecule has 0 atom stereocenters. The van der Waals surface area contributed by atoms with Crippen molar-refractivity contribution in [3.63, 3.8) is 0 Å². The summed E-state index contributed by atoms with van der Waals surface area (Å²) in [7, 11) is -1.98. The zero-order valence-corrected chi connectivity index (χ0v) is 48.0. The molecular weight excluding hydrogens is 1030 g/mol. The van der Waals surface area contributed by atoms with Gasteiger partial charge in [0.05, 0.1) is 0 Å². The Kier molecular flexibility index (Phi) is 14.0. The predicted molar refractivity (Wildman–Crippen MR) is 359 cm³/mol. The lowest BCUT2D eigenvalue weighted by molar-refractivity contribution is 1.24. The minimum absolute atomic E-state index is 0.144. The summed E-state index contributed by atoms with van der Waals surface area (Å²) in [5.74, 6) is 0. The number of nitrogens with zero attached hydrogens (tertiary/aromatic N) is 2. The van der Waals surface area contributed by atoms with E-state index < -0.39 is 10.0 Å². The van der Waals surface area contributed by atoms with Crippen LogP contribution in [0.15, 0.2) is 353 Å². The van der Waals surface area contributed by atoms with E-state index in [1.807, 2.05) is 13.8 Å². The third-order valence-corrected chi connectivity index (χ3v) is 20.5. The highest BCUT2D eigenvalue weighted by atomic mass is 32.3. The van der Waals surface area contributed by atoms with E-state index in [-0.39, 0.29) is 6.71 Å². The Balaban J connectivity index is 0.00000310. The molecule has 0 spiro atoms. The maximum absolute atomic E-state index is 2.54. The van der Waals surface area contributed by atoms with E-state index in [1.54, 1.807) is 0 Å². The lowest BCUT2D eigenvalue weighted by atomic mass is 9.33. The van der Waals surface area contributed by atoms with Crippen LogP contribution in [-0.4, -0.2) is 6.71 Å². The fraction of sp³-hybridized carbons (Fsp3) is 0.0250. The molecule has 0 aliphatic carbocycles. The van der Waals surface area contributed by atoms with Crippen molar-refractivity contribution in [1.82, 2.24) is 0 Å². The fourth-order valence-corrected chi connectivity index (χ4v) is 16.9. The number of hydrogen-bond donors (Lipinski definition) is 0. The van der Waals surface area contributed by atoms with Gasteiger partial charge in [-0.2, -0.15) is 0 Å². The molecule has 0 amide bonds. The summed E-state index contributed by atoms with van der Waals surface area (Å²) in [6.07, 6.45) is 0. The first-order valence-corrected chi connectivity index (χ1v) is 30.9. The molecule has 2 nitrogen and oxygen atoms in total. The van der Waals surface area contributed by atoms with E-state index in [4.69, 9.17) is 0 Å². The molecule has 0 bridgehead atoms. The molecule has 2 heterocycles. The number of para-hydroxylation sites is 2. The number of rotatable bonds is 11. The van der Waals surface area contributed by atoms with E-state index in [9.17, 15) is 0 Å². The van der Waals surface area contributed by atoms with Crippen LogP contribution in [0.5, 0.6) is 0 Å². The highest BCUT2D eigenvalue weighted by Gasteiger charge is 2.44. The van der Waals surface area contributed by atoms with E-state index in [0.29, 0.717) is 0 Å². The van der Waals surface area contributed by atoms with Gasteiger partial charge in [-0.25, -0.2) is 0 Å². The number of hydrogen-bond acceptors (Lipinski definition) is 2. The van der Waals surface area contributed by atoms with Gasteiger partial charge < -0.3 is 9.80 Å². The van der Waals surface area contributed by atoms with Crippen molar-refractivity contribution in [2.24, 2.45) is 0 Å². The zero-order valence-electron chi connectivity index (χ0n) is 47.1. The van der Waals surface area contributed by atoms with Crippen molar-refractivity contribution < 1.29 is 0 Å². The third kappa shape index (κ3) is 9.04. The molecular formula is C80H61BN2S. The normalized spacial score (nSPS) is 12.3. The number of fused-ring (bicyclic) bond motifs is 4. The first-order valence-electron chi connectivity index (χ1n) is 29.3. The van der Waals surface area contributed by atoms with E-state index in [1.165, 1.54) is 80.5 Å². The van der Waals surface area contributed by atoms with E-state index >= 15 is 0 Å². The van der Waals surface area contributed by atoms with Crippen molar-refractivity contribution in [3.8, 4) is 55.6 Å². The average Bonchev–Trinajstić information content (AvgIpc) is 1.96. The summed E-state index contributed by atoms with van der Waals surface area (Å²) >= 11 is 0. The second kappa shape index (κ2) is 22.7. The maximum Gasteiger partial charge on any atom is 0.252 e. The topological polar surface area (TPSA) is 6.48 Å². The standard InChI is InChI=1S/C78H55BN2S.C2H6/c1-8-27-56(28-9-1)68-43-22-24-45-70(68)59-47-49-74-72(52-59)79-73-53-60(71-46-25-23-44-69(71)57-29-10-2-11-30-57)48-50-75(73)81(63-34-14-4-15-35-63)77-55-61(54-76(78(77)79)80(74)62-32-12-3-13-33-62)58-31-26-42-67(51-58)82(64-36-16-5-17-37-64,65-38-18-6-19-39-65)66-40-20-7-21-41-66;1-2/h1-55H;1-2H3. The Morgan fingerprint density at radius 1 is 0.238 bits per heavy atom. The lowest BCUT2D eigenvalue weighted by Crippen LogP contribution is -2.61. The minimum Gasteiger partial charge on any atom is -0.311 e. The Hall–Kier alpha value is -10.1. The second-order valence-corrected chi connectivity index (χ2v) is 24.3. The van der Waals surface area contributed by atoms with Crippen molar-refractivity contribution in [2.75, 3.05) is 9.80 Å². The van der Waals surface area contributed by atoms with Crippen molar-refractivity contribution in [3.05, 3.63) is 334 Å². The Bertz CT molecular complexity index is 4150. The van der Waals surface area contributed by atoms with Gasteiger partial charge in [0.15, 0.2) is 0 Å². The highest BCUT2D eigenvalue weighted by molar-refractivity contribution is 8.34. The summed E-state index contributed by atoms with van der Waals surface area (Å²) in [6, 6.07) is 124. The van der Waals surface area contributed by atoms with Crippen LogP contribution in [0.25, 0.3) is 55.6 Å². The molecule has 13 aromatic carbocycles. The van der Waals surface area contributed by atoms with Gasteiger partial charge in [-0.1, -0.05) is 250 Å². The Labute approximate surface area is 496 Å². The molecule has 2 aliphatic rings. The SMILES string of the molecule is CC.c1ccc(-c2ccccc2-c2ccc3c(c2)B2c4cc(-c5ccccc5-c5ccccc5)ccc4N(c4ccccc4)c4cc(-c5cccc(S(c6ccccc6)(c6ccccc6)c6ccccc6)c5)cc(c42)N3c2ccccc2)cc1. The zero-order chi connectivity index (χ0) is 56.4. The van der Waals surface area contributed by atoms with Crippen molar-refractivity contribution in [2.45, 2.75) is 33.4 Å². The van der Waals surface area contributed by atoms with Crippen LogP contribution in [0, 0.1) is 0 Å². The lowest BCUT2D eigenvalue weighted by Gasteiger charge is -2.45. The second-order valence-electron chi connectivity index (χ2n) is 21.2. The molecule has 13 aromatic rings. The molecule has 0 unspecified atom stereocenters. The molecule has 2 aliphatic heterocycles. The minimum atomic E-state index is -1.98. The van der Waals surface area contributed by atoms with Crippen LogP contribution >= 0.6 is 10.0 Å². The van der Waals surface area contributed by atoms with Crippen LogP contribution in [0.4, 0.5) is 34.1 Å². The molecule has 0 saturated carbocycles. The van der Waals surface area contributed by atoms with Gasteiger partial charge in [0.25, 0.3) is 6.71 Å². The number of benzene rings is 13. The first-order chi connectivity index (χ1) is 41.7. The average molecular weight is 1090 g/mol. The summed E-state index contributed by atoms with van der Waals surface area (Å²) in [5, 5.41) is 0. The molecule has 0 saturated heterocycles. The molecule has 0 aromatic heterocycles. The first kappa shape index (κ1) is 52.0. The molecule has 0 radical (unpaired) electrons. The van der Waals surface area contributed by atoms with Gasteiger partial charge in [0.2, 0.25) is 0 Å². The van der Waals surface area contributed by atoms with Gasteiger partial charge in [-0.05, 0) is 169 Å². The van der Waals surface area contributed by atoms with Gasteiger partial charge in [0.1, 0.15) is 0 Å². The van der Waals surface area contributed by atoms with Gasteiger partial charge in [-0.15, -0.1) is 10.0 Å². The smallest absolute Gasteiger partial charge is 0.252 e. The van der Waals surface area contributed by atoms with E-state index in [2.05, 4.69) is 343 Å². The fourth-order valence-electron chi connectivity index (χ4n) is 13.0. The quantitative estimate of drug-likeness (QED) is 0.119. The molecule has 400 valence electrons. The maximum atomic E-state index is 2.54. The van der Waals surface area contributed by atoms with Crippen LogP contribution in [0.2, 0.25) is 0 Å². The van der Waals surface area contributed by atoms with E-state index in [0.717, 1.165) is 45.3 Å². The summed E-state index contributed by atoms with van der Waals surface area (Å²) < 4.78 is 0. The van der Waals surface area contributed by atoms with Crippen molar-refractivity contribution in [1.29, 1.82) is 0 Å². The third-order valence-electron chi connectivity index (χ3n) is 16.6. The largest absolute Gasteiger partial charge is 0.311 e. The Morgan fingerprint density at radius 2 is 0.560 bits per heavy atom. The predicted octanol–water partition coefficient (Wildman–Crippen LogP) is 20.5. The van der Waals surface area contributed by atoms with Crippen LogP contribution in [0.1, 0.15) is 13.8 Å². The van der Waals surface area contributed by atoms with Crippen LogP contribution in [-0.2, 0) is 0 Å². The highest BCUT2D eigenvalue weighted by Crippen LogP contribution is 2.73. The molecule has 4 heteroatoms. The number of anilines is 6. The molecule has 15 rings (SSSR count).